The van der Waals surface area contributed by atoms with E-state index in [-0.39, 0.29) is 12.5 Å². The van der Waals surface area contributed by atoms with E-state index in [1.165, 1.54) is 0 Å². The number of nitrogens with zero attached hydrogens (tertiary/aromatic N) is 3. The Balaban J connectivity index is 2.44. The van der Waals surface area contributed by atoms with E-state index in [2.05, 4.69) is 11.1 Å². The number of imidazole rings is 1. The molecule has 0 spiro atoms. The normalized spacial score (nSPS) is 10.4. The summed E-state index contributed by atoms with van der Waals surface area (Å²) in [5.74, 6) is 0.0226. The second-order valence-electron chi connectivity index (χ2n) is 4.43. The minimum Gasteiger partial charge on any atom is -0.342 e. The Hall–Kier alpha value is -2.13. The molecule has 0 fully saturated rings. The molecule has 6 heteroatoms. The number of hydrogen-bond acceptors (Lipinski definition) is 3. The predicted molar refractivity (Wildman–Crippen MR) is 79.8 cm³/mol. The lowest BCUT2D eigenvalue weighted by molar-refractivity contribution is -0.131. The number of aromatic amines is 1. The van der Waals surface area contributed by atoms with Gasteiger partial charge in [0.15, 0.2) is 4.77 Å². The predicted octanol–water partition coefficient (Wildman–Crippen LogP) is 2.44. The third kappa shape index (κ3) is 2.58. The molecule has 1 amide bonds. The van der Waals surface area contributed by atoms with Gasteiger partial charge in [-0.2, -0.15) is 5.26 Å². The molecule has 0 saturated carbocycles. The van der Waals surface area contributed by atoms with E-state index >= 15 is 0 Å². The van der Waals surface area contributed by atoms with Gasteiger partial charge < -0.3 is 14.5 Å². The monoisotopic (exact) mass is 288 g/mol. The number of benzene rings is 1. The van der Waals surface area contributed by atoms with E-state index < -0.39 is 0 Å². The highest BCUT2D eigenvalue weighted by atomic mass is 32.1. The highest BCUT2D eigenvalue weighted by molar-refractivity contribution is 7.71. The lowest BCUT2D eigenvalue weighted by atomic mass is 10.2. The summed E-state index contributed by atoms with van der Waals surface area (Å²) in [4.78, 5) is 17.0. The summed E-state index contributed by atoms with van der Waals surface area (Å²) >= 11 is 5.26. The molecule has 1 N–H and O–H groups in total. The Labute approximate surface area is 122 Å². The zero-order valence-corrected chi connectivity index (χ0v) is 12.3. The van der Waals surface area contributed by atoms with Gasteiger partial charge in [-0.25, -0.2) is 0 Å². The second-order valence-corrected chi connectivity index (χ2v) is 4.81. The van der Waals surface area contributed by atoms with Crippen LogP contribution in [0.2, 0.25) is 0 Å². The van der Waals surface area contributed by atoms with Crippen LogP contribution in [0.5, 0.6) is 0 Å². The van der Waals surface area contributed by atoms with Crippen molar-refractivity contribution >= 4 is 29.2 Å². The van der Waals surface area contributed by atoms with Crippen LogP contribution in [-0.4, -0.2) is 33.4 Å². The minimum absolute atomic E-state index is 0.0226. The van der Waals surface area contributed by atoms with Crippen LogP contribution in [0, 0.1) is 16.1 Å². The molecular weight excluding hydrogens is 272 g/mol. The van der Waals surface area contributed by atoms with Gasteiger partial charge in [0.05, 0.1) is 22.7 Å². The molecule has 0 bridgehead atoms. The van der Waals surface area contributed by atoms with Crippen LogP contribution in [0.25, 0.3) is 11.0 Å². The Morgan fingerprint density at radius 2 is 2.15 bits per heavy atom. The van der Waals surface area contributed by atoms with Gasteiger partial charge in [-0.1, -0.05) is 0 Å². The summed E-state index contributed by atoms with van der Waals surface area (Å²) in [5, 5.41) is 8.97. The average Bonchev–Trinajstić information content (AvgIpc) is 2.76. The number of nitriles is 1. The summed E-state index contributed by atoms with van der Waals surface area (Å²) in [7, 11) is 0. The first-order chi connectivity index (χ1) is 9.60. The maximum atomic E-state index is 12.2. The fraction of sp³-hybridized carbons (Fsp3) is 0.357. The fourth-order valence-electron chi connectivity index (χ4n) is 2.19. The summed E-state index contributed by atoms with van der Waals surface area (Å²) in [6.07, 6.45) is 0. The van der Waals surface area contributed by atoms with Gasteiger partial charge in [-0.05, 0) is 44.3 Å². The number of aromatic nitrogens is 2. The molecule has 0 aliphatic carbocycles. The molecule has 20 heavy (non-hydrogen) atoms. The van der Waals surface area contributed by atoms with Gasteiger partial charge in [-0.15, -0.1) is 0 Å². The van der Waals surface area contributed by atoms with Gasteiger partial charge >= 0.3 is 0 Å². The highest BCUT2D eigenvalue weighted by Gasteiger charge is 2.13. The first-order valence-corrected chi connectivity index (χ1v) is 6.92. The van der Waals surface area contributed by atoms with Crippen LogP contribution >= 0.6 is 12.2 Å². The number of carbonyl (C=O) groups excluding carboxylic acids is 1. The van der Waals surface area contributed by atoms with E-state index in [1.54, 1.807) is 21.6 Å². The van der Waals surface area contributed by atoms with Crippen molar-refractivity contribution in [1.29, 1.82) is 5.26 Å². The summed E-state index contributed by atoms with van der Waals surface area (Å²) in [5.41, 5.74) is 2.17. The third-order valence-electron chi connectivity index (χ3n) is 3.31. The number of amides is 1. The quantitative estimate of drug-likeness (QED) is 0.879. The Kier molecular flexibility index (Phi) is 4.20. The van der Waals surface area contributed by atoms with Crippen LogP contribution < -0.4 is 0 Å². The van der Waals surface area contributed by atoms with E-state index in [0.29, 0.717) is 23.4 Å². The van der Waals surface area contributed by atoms with Gasteiger partial charge in [0.25, 0.3) is 0 Å². The van der Waals surface area contributed by atoms with Crippen molar-refractivity contribution in [1.82, 2.24) is 14.5 Å². The standard InChI is InChI=1S/C14H16N4OS/c1-3-17(4-2)13(19)9-18-12-7-10(8-15)5-6-11(12)16-14(18)20/h5-7H,3-4,9H2,1-2H3,(H,16,20). The maximum Gasteiger partial charge on any atom is 0.242 e. The molecule has 104 valence electrons. The fourth-order valence-corrected chi connectivity index (χ4v) is 2.46. The summed E-state index contributed by atoms with van der Waals surface area (Å²) in [6.45, 7) is 5.44. The number of hydrogen-bond donors (Lipinski definition) is 1. The largest absolute Gasteiger partial charge is 0.342 e. The molecule has 0 aliphatic rings. The average molecular weight is 288 g/mol. The van der Waals surface area contributed by atoms with E-state index in [1.807, 2.05) is 19.9 Å². The van der Waals surface area contributed by atoms with Gasteiger partial charge in [-0.3, -0.25) is 4.79 Å². The first kappa shape index (κ1) is 14.3. The lowest BCUT2D eigenvalue weighted by Gasteiger charge is -2.18. The summed E-state index contributed by atoms with van der Waals surface area (Å²) < 4.78 is 2.24. The molecule has 1 aromatic heterocycles. The SMILES string of the molecule is CCN(CC)C(=O)Cn1c(=S)[nH]c2ccc(C#N)cc21. The van der Waals surface area contributed by atoms with Crippen LogP contribution in [0.1, 0.15) is 19.4 Å². The van der Waals surface area contributed by atoms with Crippen LogP contribution in [0.15, 0.2) is 18.2 Å². The molecule has 0 aliphatic heterocycles. The minimum atomic E-state index is 0.0226. The van der Waals surface area contributed by atoms with Crippen molar-refractivity contribution in [3.05, 3.63) is 28.5 Å². The molecule has 2 rings (SSSR count). The Morgan fingerprint density at radius 1 is 1.45 bits per heavy atom. The van der Waals surface area contributed by atoms with Crippen molar-refractivity contribution in [2.24, 2.45) is 0 Å². The van der Waals surface area contributed by atoms with Crippen LogP contribution in [0.4, 0.5) is 0 Å². The third-order valence-corrected chi connectivity index (χ3v) is 3.64. The number of rotatable bonds is 4. The van der Waals surface area contributed by atoms with Gasteiger partial charge in [0, 0.05) is 13.1 Å². The lowest BCUT2D eigenvalue weighted by Crippen LogP contribution is -2.33. The number of H-pyrrole nitrogens is 1. The molecular formula is C14H16N4OS. The molecule has 1 heterocycles. The van der Waals surface area contributed by atoms with Crippen molar-refractivity contribution in [3.63, 3.8) is 0 Å². The molecule has 0 atom stereocenters. The highest BCUT2D eigenvalue weighted by Crippen LogP contribution is 2.16. The van der Waals surface area contributed by atoms with E-state index in [0.717, 1.165) is 11.0 Å². The number of nitrogens with one attached hydrogen (secondary N) is 1. The van der Waals surface area contributed by atoms with Crippen molar-refractivity contribution in [2.45, 2.75) is 20.4 Å². The zero-order chi connectivity index (χ0) is 14.7. The number of carbonyl (C=O) groups is 1. The number of likely N-dealkylation sites (N-methyl/N-ethyl adjacent to an activating group) is 1. The molecule has 0 radical (unpaired) electrons. The Bertz CT molecular complexity index is 734. The molecule has 0 unspecified atom stereocenters. The first-order valence-electron chi connectivity index (χ1n) is 6.51. The second kappa shape index (κ2) is 5.88. The van der Waals surface area contributed by atoms with Crippen LogP contribution in [0.3, 0.4) is 0 Å². The molecule has 1 aromatic carbocycles. The van der Waals surface area contributed by atoms with E-state index in [9.17, 15) is 4.79 Å². The number of fused-ring (bicyclic) bond motifs is 1. The topological polar surface area (TPSA) is 64.8 Å². The molecule has 5 nitrogen and oxygen atoms in total. The molecule has 2 aromatic rings. The van der Waals surface area contributed by atoms with Gasteiger partial charge in [0.2, 0.25) is 5.91 Å². The van der Waals surface area contributed by atoms with Crippen LogP contribution in [-0.2, 0) is 11.3 Å². The van der Waals surface area contributed by atoms with E-state index in [4.69, 9.17) is 17.5 Å². The smallest absolute Gasteiger partial charge is 0.242 e. The molecule has 0 saturated heterocycles. The maximum absolute atomic E-state index is 12.2. The zero-order valence-electron chi connectivity index (χ0n) is 11.5. The van der Waals surface area contributed by atoms with Crippen molar-refractivity contribution < 1.29 is 4.79 Å². The Morgan fingerprint density at radius 3 is 2.75 bits per heavy atom. The summed E-state index contributed by atoms with van der Waals surface area (Å²) in [6, 6.07) is 7.38. The van der Waals surface area contributed by atoms with Crippen molar-refractivity contribution in [2.75, 3.05) is 13.1 Å². The van der Waals surface area contributed by atoms with Crippen molar-refractivity contribution in [3.8, 4) is 6.07 Å². The van der Waals surface area contributed by atoms with Gasteiger partial charge in [0.1, 0.15) is 6.54 Å².